The van der Waals surface area contributed by atoms with Crippen LogP contribution in [0.2, 0.25) is 0 Å². The zero-order chi connectivity index (χ0) is 15.5. The van der Waals surface area contributed by atoms with Gasteiger partial charge in [-0.15, -0.1) is 0 Å². The Kier molecular flexibility index (Phi) is 4.07. The number of aromatic nitrogens is 3. The molecule has 0 spiro atoms. The Morgan fingerprint density at radius 2 is 2.36 bits per heavy atom. The highest BCUT2D eigenvalue weighted by Gasteiger charge is 2.30. The number of anilines is 1. The van der Waals surface area contributed by atoms with Crippen LogP contribution in [0.5, 0.6) is 0 Å². The van der Waals surface area contributed by atoms with Crippen LogP contribution in [0, 0.1) is 31.1 Å². The number of nitrogens with one attached hydrogen (secondary N) is 2. The standard InChI is InChI=1S/C16H19N5O/c1-10-5-11(2)21-16(14(10)6-17)18-7-12-3-4-22-15(12)13-8-19-20-9-13/h5,8-9,12,15H,3-4,7H2,1-2H3,(H,18,21)(H,19,20)/t12-,15+/m1/s1. The average Bonchev–Trinajstić information content (AvgIpc) is 3.15. The molecule has 1 saturated heterocycles. The second-order valence-electron chi connectivity index (χ2n) is 5.67. The third-order valence-electron chi connectivity index (χ3n) is 4.05. The van der Waals surface area contributed by atoms with Crippen LogP contribution in [-0.2, 0) is 4.74 Å². The number of aromatic amines is 1. The van der Waals surface area contributed by atoms with Gasteiger partial charge in [-0.1, -0.05) is 0 Å². The van der Waals surface area contributed by atoms with E-state index in [0.717, 1.165) is 36.4 Å². The van der Waals surface area contributed by atoms with Crippen LogP contribution in [0.3, 0.4) is 0 Å². The fourth-order valence-corrected chi connectivity index (χ4v) is 2.96. The highest BCUT2D eigenvalue weighted by atomic mass is 16.5. The third-order valence-corrected chi connectivity index (χ3v) is 4.05. The molecule has 0 aromatic carbocycles. The molecule has 0 bridgehead atoms. The molecule has 3 heterocycles. The van der Waals surface area contributed by atoms with Crippen LogP contribution in [0.25, 0.3) is 0 Å². The van der Waals surface area contributed by atoms with E-state index in [4.69, 9.17) is 4.74 Å². The highest BCUT2D eigenvalue weighted by molar-refractivity contribution is 5.56. The second kappa shape index (κ2) is 6.16. The van der Waals surface area contributed by atoms with Gasteiger partial charge in [0.05, 0.1) is 17.9 Å². The number of aryl methyl sites for hydroxylation is 2. The van der Waals surface area contributed by atoms with E-state index in [1.807, 2.05) is 26.1 Å². The van der Waals surface area contributed by atoms with Gasteiger partial charge < -0.3 is 10.1 Å². The molecule has 0 saturated carbocycles. The Labute approximate surface area is 129 Å². The number of nitrogens with zero attached hydrogens (tertiary/aromatic N) is 3. The number of pyridine rings is 1. The summed E-state index contributed by atoms with van der Waals surface area (Å²) < 4.78 is 5.82. The predicted molar refractivity (Wildman–Crippen MR) is 82.3 cm³/mol. The summed E-state index contributed by atoms with van der Waals surface area (Å²) in [6.07, 6.45) is 4.70. The molecule has 2 atom stereocenters. The minimum atomic E-state index is 0.0442. The molecule has 0 radical (unpaired) electrons. The van der Waals surface area contributed by atoms with Gasteiger partial charge in [-0.05, 0) is 31.9 Å². The summed E-state index contributed by atoms with van der Waals surface area (Å²) >= 11 is 0. The first-order chi connectivity index (χ1) is 10.7. The maximum atomic E-state index is 9.32. The number of nitriles is 1. The van der Waals surface area contributed by atoms with Crippen LogP contribution in [0.4, 0.5) is 5.82 Å². The van der Waals surface area contributed by atoms with Crippen molar-refractivity contribution in [2.24, 2.45) is 5.92 Å². The smallest absolute Gasteiger partial charge is 0.144 e. The van der Waals surface area contributed by atoms with Crippen LogP contribution < -0.4 is 5.32 Å². The molecule has 1 aliphatic rings. The van der Waals surface area contributed by atoms with Gasteiger partial charge in [0.15, 0.2) is 0 Å². The quantitative estimate of drug-likeness (QED) is 0.905. The maximum absolute atomic E-state index is 9.32. The lowest BCUT2D eigenvalue weighted by molar-refractivity contribution is 0.0933. The monoisotopic (exact) mass is 297 g/mol. The Hall–Kier alpha value is -2.39. The van der Waals surface area contributed by atoms with Crippen LogP contribution in [0.15, 0.2) is 18.5 Å². The van der Waals surface area contributed by atoms with E-state index >= 15 is 0 Å². The van der Waals surface area contributed by atoms with Crippen molar-refractivity contribution in [3.63, 3.8) is 0 Å². The summed E-state index contributed by atoms with van der Waals surface area (Å²) in [6, 6.07) is 4.16. The lowest BCUT2D eigenvalue weighted by Gasteiger charge is -2.19. The van der Waals surface area contributed by atoms with Crippen molar-refractivity contribution in [2.75, 3.05) is 18.5 Å². The van der Waals surface area contributed by atoms with Gasteiger partial charge in [-0.25, -0.2) is 4.98 Å². The molecule has 22 heavy (non-hydrogen) atoms. The minimum Gasteiger partial charge on any atom is -0.373 e. The maximum Gasteiger partial charge on any atom is 0.144 e. The van der Waals surface area contributed by atoms with E-state index < -0.39 is 0 Å². The van der Waals surface area contributed by atoms with Gasteiger partial charge in [0.25, 0.3) is 0 Å². The summed E-state index contributed by atoms with van der Waals surface area (Å²) in [5.74, 6) is 1.00. The van der Waals surface area contributed by atoms with Crippen molar-refractivity contribution in [3.8, 4) is 6.07 Å². The Morgan fingerprint density at radius 3 is 3.09 bits per heavy atom. The molecule has 1 aliphatic heterocycles. The van der Waals surface area contributed by atoms with E-state index in [9.17, 15) is 5.26 Å². The first kappa shape index (κ1) is 14.5. The molecule has 2 N–H and O–H groups in total. The molecule has 0 amide bonds. The summed E-state index contributed by atoms with van der Waals surface area (Å²) in [5, 5.41) is 19.5. The summed E-state index contributed by atoms with van der Waals surface area (Å²) in [4.78, 5) is 4.46. The molecule has 0 aliphatic carbocycles. The topological polar surface area (TPSA) is 86.6 Å². The number of hydrogen-bond donors (Lipinski definition) is 2. The van der Waals surface area contributed by atoms with Crippen LogP contribution >= 0.6 is 0 Å². The first-order valence-corrected chi connectivity index (χ1v) is 7.41. The number of hydrogen-bond acceptors (Lipinski definition) is 5. The Balaban J connectivity index is 1.74. The van der Waals surface area contributed by atoms with Crippen molar-refractivity contribution in [3.05, 3.63) is 40.8 Å². The molecule has 114 valence electrons. The van der Waals surface area contributed by atoms with E-state index in [2.05, 4.69) is 26.6 Å². The molecular formula is C16H19N5O. The number of H-pyrrole nitrogens is 1. The first-order valence-electron chi connectivity index (χ1n) is 7.41. The average molecular weight is 297 g/mol. The van der Waals surface area contributed by atoms with Gasteiger partial charge in [-0.3, -0.25) is 5.10 Å². The molecule has 1 fully saturated rings. The van der Waals surface area contributed by atoms with E-state index in [-0.39, 0.29) is 6.10 Å². The van der Waals surface area contributed by atoms with Gasteiger partial charge in [0.2, 0.25) is 0 Å². The zero-order valence-electron chi connectivity index (χ0n) is 12.8. The number of rotatable bonds is 4. The van der Waals surface area contributed by atoms with Crippen molar-refractivity contribution < 1.29 is 4.74 Å². The van der Waals surface area contributed by atoms with Crippen molar-refractivity contribution in [1.82, 2.24) is 15.2 Å². The highest BCUT2D eigenvalue weighted by Crippen LogP contribution is 2.34. The van der Waals surface area contributed by atoms with Gasteiger partial charge >= 0.3 is 0 Å². The van der Waals surface area contributed by atoms with Crippen molar-refractivity contribution >= 4 is 5.82 Å². The Bertz CT molecular complexity index is 689. The lowest BCUT2D eigenvalue weighted by atomic mass is 9.97. The molecule has 2 aromatic rings. The third kappa shape index (κ3) is 2.81. The lowest BCUT2D eigenvalue weighted by Crippen LogP contribution is -2.19. The largest absolute Gasteiger partial charge is 0.373 e. The predicted octanol–water partition coefficient (Wildman–Crippen LogP) is 2.48. The SMILES string of the molecule is Cc1cc(C)c(C#N)c(NC[C@H]2CCO[C@@H]2c2cn[nH]c2)n1. The van der Waals surface area contributed by atoms with Crippen molar-refractivity contribution in [2.45, 2.75) is 26.4 Å². The fraction of sp³-hybridized carbons (Fsp3) is 0.438. The molecule has 2 aromatic heterocycles. The van der Waals surface area contributed by atoms with Gasteiger partial charge in [0.1, 0.15) is 11.9 Å². The van der Waals surface area contributed by atoms with E-state index in [1.54, 1.807) is 6.20 Å². The second-order valence-corrected chi connectivity index (χ2v) is 5.67. The van der Waals surface area contributed by atoms with Gasteiger partial charge in [0, 0.05) is 36.5 Å². The zero-order valence-corrected chi connectivity index (χ0v) is 12.8. The van der Waals surface area contributed by atoms with Crippen LogP contribution in [0.1, 0.15) is 34.9 Å². The summed E-state index contributed by atoms with van der Waals surface area (Å²) in [6.45, 7) is 5.34. The normalized spacial score (nSPS) is 20.8. The molecule has 0 unspecified atom stereocenters. The van der Waals surface area contributed by atoms with Crippen molar-refractivity contribution in [1.29, 1.82) is 5.26 Å². The van der Waals surface area contributed by atoms with E-state index in [0.29, 0.717) is 17.3 Å². The number of ether oxygens (including phenoxy) is 1. The molecule has 6 heteroatoms. The Morgan fingerprint density at radius 1 is 1.50 bits per heavy atom. The summed E-state index contributed by atoms with van der Waals surface area (Å²) in [7, 11) is 0. The molecule has 6 nitrogen and oxygen atoms in total. The van der Waals surface area contributed by atoms with Crippen LogP contribution in [-0.4, -0.2) is 28.3 Å². The minimum absolute atomic E-state index is 0.0442. The summed E-state index contributed by atoms with van der Waals surface area (Å²) in [5.41, 5.74) is 3.54. The fourth-order valence-electron chi connectivity index (χ4n) is 2.96. The molecule has 3 rings (SSSR count). The van der Waals surface area contributed by atoms with Gasteiger partial charge in [-0.2, -0.15) is 10.4 Å². The van der Waals surface area contributed by atoms with E-state index in [1.165, 1.54) is 0 Å². The molecular weight excluding hydrogens is 278 g/mol.